The molecule has 4 aliphatic rings. The molecule has 2 unspecified atom stereocenters. The van der Waals surface area contributed by atoms with Crippen LogP contribution in [0.3, 0.4) is 0 Å². The maximum absolute atomic E-state index is 16.4. The lowest BCUT2D eigenvalue weighted by atomic mass is 9.88. The van der Waals surface area contributed by atoms with Crippen LogP contribution in [0.2, 0.25) is 0 Å². The highest BCUT2D eigenvalue weighted by molar-refractivity contribution is 6.09. The smallest absolute Gasteiger partial charge is 0.328 e. The van der Waals surface area contributed by atoms with E-state index < -0.39 is 11.7 Å². The fourth-order valence-electron chi connectivity index (χ4n) is 9.59. The molecule has 4 aromatic rings. The Hall–Kier alpha value is -6.06. The second kappa shape index (κ2) is 17.5. The first-order valence-electron chi connectivity index (χ1n) is 21.2. The van der Waals surface area contributed by atoms with Crippen molar-refractivity contribution in [1.82, 2.24) is 24.6 Å². The van der Waals surface area contributed by atoms with Crippen LogP contribution >= 0.6 is 0 Å². The predicted molar refractivity (Wildman–Crippen MR) is 233 cm³/mol. The largest absolute Gasteiger partial charge is 0.507 e. The number of hydrogen-bond donors (Lipinski definition) is 5. The number of benzene rings is 3. The summed E-state index contributed by atoms with van der Waals surface area (Å²) in [4.78, 5) is 45.7. The zero-order valence-electron chi connectivity index (χ0n) is 34.6. The van der Waals surface area contributed by atoms with Crippen LogP contribution in [-0.4, -0.2) is 113 Å². The summed E-state index contributed by atoms with van der Waals surface area (Å²) in [5.41, 5.74) is 22.2. The molecule has 0 spiro atoms. The lowest BCUT2D eigenvalue weighted by Crippen LogP contribution is -2.51. The molecule has 61 heavy (non-hydrogen) atoms. The third-order valence-electron chi connectivity index (χ3n) is 13.0. The number of nitrogens with two attached hydrogens (primary N) is 3. The fourth-order valence-corrected chi connectivity index (χ4v) is 9.59. The van der Waals surface area contributed by atoms with E-state index in [-0.39, 0.29) is 60.7 Å². The van der Waals surface area contributed by atoms with Gasteiger partial charge in [-0.05, 0) is 73.4 Å². The second-order valence-corrected chi connectivity index (χ2v) is 16.9. The molecule has 5 heterocycles. The highest BCUT2D eigenvalue weighted by atomic mass is 19.1. The van der Waals surface area contributed by atoms with Gasteiger partial charge in [0.25, 0.3) is 5.91 Å². The third-order valence-corrected chi connectivity index (χ3v) is 13.0. The van der Waals surface area contributed by atoms with Gasteiger partial charge in [0.1, 0.15) is 17.2 Å². The van der Waals surface area contributed by atoms with Crippen LogP contribution < -0.4 is 27.4 Å². The Labute approximate surface area is 355 Å². The van der Waals surface area contributed by atoms with Gasteiger partial charge in [0.05, 0.1) is 23.0 Å². The quantitative estimate of drug-likeness (QED) is 0.137. The van der Waals surface area contributed by atoms with Gasteiger partial charge in [-0.1, -0.05) is 30.3 Å². The molecule has 322 valence electrons. The molecular formula is C46H56FN9O5. The standard InChI is InChI=1S/C46H56FN9O5/c1-61-34-25-32(27-54(28-34)40(43(49)50)26-37(48)35-5-2-3-8-41(35)57)30-9-11-31(12-10-30)44(59)53-23-17-46(47,18-24-53)29-52-19-13-33(14-20-52)55-21-15-36-38(55)6-4-7-39(36)56-22-16-42(58)51-45(56)60/h2-12,15,21,26,32-34,57H,13-14,16-20,22-25,27-29,48-50H2,1H3,(H,51,58,60)/b37-26-. The van der Waals surface area contributed by atoms with E-state index in [2.05, 4.69) is 27.0 Å². The Morgan fingerprint density at radius 1 is 0.918 bits per heavy atom. The number of piperidine rings is 3. The lowest BCUT2D eigenvalue weighted by molar-refractivity contribution is -0.120. The number of imide groups is 1. The van der Waals surface area contributed by atoms with Gasteiger partial charge in [-0.2, -0.15) is 0 Å². The number of ether oxygens (including phenoxy) is 1. The number of allylic oxidation sites excluding steroid dienone is 1. The van der Waals surface area contributed by atoms with Crippen molar-refractivity contribution in [1.29, 1.82) is 0 Å². The van der Waals surface area contributed by atoms with E-state index in [1.54, 1.807) is 47.3 Å². The van der Waals surface area contributed by atoms with Gasteiger partial charge in [0.15, 0.2) is 0 Å². The van der Waals surface area contributed by atoms with E-state index >= 15 is 4.39 Å². The summed E-state index contributed by atoms with van der Waals surface area (Å²) in [6.07, 6.45) is 6.99. The fraction of sp³-hybridized carbons (Fsp3) is 0.413. The molecule has 3 aromatic carbocycles. The molecule has 8 N–H and O–H groups in total. The number of methoxy groups -OCH3 is 1. The Bertz CT molecular complexity index is 2320. The number of rotatable bonds is 10. The topological polar surface area (TPSA) is 189 Å². The number of urea groups is 1. The van der Waals surface area contributed by atoms with E-state index in [9.17, 15) is 19.5 Å². The van der Waals surface area contributed by atoms with Crippen LogP contribution in [0.5, 0.6) is 5.75 Å². The Balaban J connectivity index is 0.845. The number of phenols is 1. The molecule has 2 atom stereocenters. The average Bonchev–Trinajstić information content (AvgIpc) is 3.70. The number of halogens is 1. The van der Waals surface area contributed by atoms with Gasteiger partial charge in [0, 0.05) is 119 Å². The first kappa shape index (κ1) is 41.7. The van der Waals surface area contributed by atoms with Gasteiger partial charge in [-0.25, -0.2) is 9.18 Å². The number of fused-ring (bicyclic) bond motifs is 1. The second-order valence-electron chi connectivity index (χ2n) is 16.9. The number of hydrogen-bond acceptors (Lipinski definition) is 10. The molecule has 0 radical (unpaired) electrons. The van der Waals surface area contributed by atoms with Crippen LogP contribution in [0.25, 0.3) is 16.6 Å². The minimum Gasteiger partial charge on any atom is -0.507 e. The molecule has 0 saturated carbocycles. The molecule has 4 aliphatic heterocycles. The highest BCUT2D eigenvalue weighted by Crippen LogP contribution is 2.36. The Morgan fingerprint density at radius 2 is 1.66 bits per heavy atom. The number of likely N-dealkylation sites (tertiary alicyclic amines) is 3. The number of carbonyl (C=O) groups excluding carboxylic acids is 3. The van der Waals surface area contributed by atoms with Gasteiger partial charge in [-0.15, -0.1) is 0 Å². The third kappa shape index (κ3) is 8.89. The maximum Gasteiger partial charge on any atom is 0.328 e. The van der Waals surface area contributed by atoms with Gasteiger partial charge in [-0.3, -0.25) is 19.8 Å². The van der Waals surface area contributed by atoms with E-state index in [0.29, 0.717) is 61.8 Å². The SMILES string of the molecule is COC1CC(c2ccc(C(=O)N3CCC(F)(CN4CCC(n5ccc6c(N7CCC(=O)NC7=O)cccc65)CC4)CC3)cc2)CN(C(/C=C(\N)c2ccccc2O)=C(N)N)C1. The Morgan fingerprint density at radius 3 is 2.34 bits per heavy atom. The number of phenolic OH excluding ortho intramolecular Hbond substituents is 1. The van der Waals surface area contributed by atoms with Gasteiger partial charge < -0.3 is 46.3 Å². The van der Waals surface area contributed by atoms with Crippen molar-refractivity contribution in [3.8, 4) is 5.75 Å². The number of anilines is 1. The molecule has 4 amide bonds. The van der Waals surface area contributed by atoms with Crippen LogP contribution in [0.1, 0.15) is 72.0 Å². The number of carbonyl (C=O) groups is 3. The summed E-state index contributed by atoms with van der Waals surface area (Å²) < 4.78 is 24.5. The lowest BCUT2D eigenvalue weighted by Gasteiger charge is -2.41. The van der Waals surface area contributed by atoms with Gasteiger partial charge >= 0.3 is 6.03 Å². The molecule has 14 nitrogen and oxygen atoms in total. The normalized spacial score (nSPS) is 21.7. The number of para-hydroxylation sites is 1. The molecule has 0 bridgehead atoms. The first-order chi connectivity index (χ1) is 29.4. The number of alkyl halides is 1. The summed E-state index contributed by atoms with van der Waals surface area (Å²) in [6.45, 7) is 4.08. The van der Waals surface area contributed by atoms with Crippen LogP contribution in [0.15, 0.2) is 96.6 Å². The van der Waals surface area contributed by atoms with Crippen LogP contribution in [0.4, 0.5) is 14.9 Å². The monoisotopic (exact) mass is 833 g/mol. The molecule has 1 aromatic heterocycles. The zero-order chi connectivity index (χ0) is 42.8. The van der Waals surface area contributed by atoms with Crippen molar-refractivity contribution >= 4 is 40.1 Å². The number of aromatic nitrogens is 1. The molecule has 4 saturated heterocycles. The number of nitrogens with one attached hydrogen (secondary N) is 1. The Kier molecular flexibility index (Phi) is 12.0. The van der Waals surface area contributed by atoms with E-state index in [1.807, 2.05) is 47.4 Å². The van der Waals surface area contributed by atoms with Crippen molar-refractivity contribution in [2.75, 3.05) is 64.4 Å². The summed E-state index contributed by atoms with van der Waals surface area (Å²) in [5, 5.41) is 13.7. The van der Waals surface area contributed by atoms with Crippen molar-refractivity contribution in [3.63, 3.8) is 0 Å². The van der Waals surface area contributed by atoms with Crippen molar-refractivity contribution in [2.24, 2.45) is 17.2 Å². The summed E-state index contributed by atoms with van der Waals surface area (Å²) in [5.74, 6) is -0.157. The van der Waals surface area contributed by atoms with Crippen molar-refractivity contribution in [2.45, 2.75) is 62.3 Å². The van der Waals surface area contributed by atoms with Crippen LogP contribution in [-0.2, 0) is 9.53 Å². The minimum absolute atomic E-state index is 0.0443. The minimum atomic E-state index is -1.37. The number of aromatic hydroxyl groups is 1. The highest BCUT2D eigenvalue weighted by Gasteiger charge is 2.39. The molecule has 0 aliphatic carbocycles. The van der Waals surface area contributed by atoms with Gasteiger partial charge in [0.2, 0.25) is 5.91 Å². The molecule has 15 heteroatoms. The summed E-state index contributed by atoms with van der Waals surface area (Å²) in [7, 11) is 1.68. The van der Waals surface area contributed by atoms with Crippen molar-refractivity contribution < 1.29 is 28.6 Å². The first-order valence-corrected chi connectivity index (χ1v) is 21.2. The van der Waals surface area contributed by atoms with Crippen molar-refractivity contribution in [3.05, 3.63) is 113 Å². The van der Waals surface area contributed by atoms with E-state index in [0.717, 1.165) is 54.5 Å². The van der Waals surface area contributed by atoms with E-state index in [4.69, 9.17) is 21.9 Å². The molecular weight excluding hydrogens is 778 g/mol. The van der Waals surface area contributed by atoms with Crippen LogP contribution in [0, 0.1) is 0 Å². The summed E-state index contributed by atoms with van der Waals surface area (Å²) >= 11 is 0. The average molecular weight is 834 g/mol. The summed E-state index contributed by atoms with van der Waals surface area (Å²) in [6, 6.07) is 22.3. The number of amides is 4. The maximum atomic E-state index is 16.4. The van der Waals surface area contributed by atoms with E-state index in [1.165, 1.54) is 0 Å². The predicted octanol–water partition coefficient (Wildman–Crippen LogP) is 4.97. The zero-order valence-corrected chi connectivity index (χ0v) is 34.6. The number of nitrogens with zero attached hydrogens (tertiary/aromatic N) is 5. The molecule has 4 fully saturated rings. The molecule has 8 rings (SSSR count).